The van der Waals surface area contributed by atoms with Gasteiger partial charge in [-0.1, -0.05) is 0 Å². The Balaban J connectivity index is 2.65. The van der Waals surface area contributed by atoms with Crippen LogP contribution in [0.2, 0.25) is 0 Å². The van der Waals surface area contributed by atoms with E-state index in [1.165, 1.54) is 4.90 Å². The minimum atomic E-state index is -0.425. The van der Waals surface area contributed by atoms with Crippen LogP contribution in [0.15, 0.2) is 0 Å². The lowest BCUT2D eigenvalue weighted by Gasteiger charge is -2.35. The molecule has 0 atom stereocenters. The minimum Gasteiger partial charge on any atom is -0.331 e. The quantitative estimate of drug-likeness (QED) is 0.505. The molecule has 2 amide bonds. The molecule has 80 valence electrons. The van der Waals surface area contributed by atoms with E-state index in [1.54, 1.807) is 4.90 Å². The molecule has 0 spiro atoms. The molecule has 0 aromatic carbocycles. The molecule has 1 saturated heterocycles. The Kier molecular flexibility index (Phi) is 3.75. The third-order valence-electron chi connectivity index (χ3n) is 2.32. The Bertz CT molecular complexity index is 243. The van der Waals surface area contributed by atoms with E-state index in [9.17, 15) is 9.59 Å². The van der Waals surface area contributed by atoms with Crippen LogP contribution in [0.1, 0.15) is 13.8 Å². The zero-order chi connectivity index (χ0) is 10.7. The number of alkyl halides is 1. The minimum absolute atomic E-state index is 0.0876. The van der Waals surface area contributed by atoms with Crippen molar-refractivity contribution in [1.29, 1.82) is 0 Å². The molecule has 0 bridgehead atoms. The zero-order valence-corrected chi connectivity index (χ0v) is 9.25. The van der Waals surface area contributed by atoms with Crippen molar-refractivity contribution in [2.24, 2.45) is 0 Å². The normalized spacial score (nSPS) is 18.3. The van der Waals surface area contributed by atoms with Gasteiger partial charge in [0.25, 0.3) is 0 Å². The van der Waals surface area contributed by atoms with Gasteiger partial charge in [-0.2, -0.15) is 0 Å². The van der Waals surface area contributed by atoms with Crippen LogP contribution in [0.4, 0.5) is 0 Å². The summed E-state index contributed by atoms with van der Waals surface area (Å²) in [6.07, 6.45) is 0. The molecule has 1 aliphatic rings. The van der Waals surface area contributed by atoms with Crippen LogP contribution < -0.4 is 0 Å². The van der Waals surface area contributed by atoms with Crippen LogP contribution in [-0.2, 0) is 9.59 Å². The molecule has 0 N–H and O–H groups in total. The summed E-state index contributed by atoms with van der Waals surface area (Å²) >= 11 is 5.53. The van der Waals surface area contributed by atoms with Crippen molar-refractivity contribution < 1.29 is 9.59 Å². The molecule has 5 heteroatoms. The first-order valence-electron chi connectivity index (χ1n) is 4.73. The molecule has 1 fully saturated rings. The van der Waals surface area contributed by atoms with Crippen molar-refractivity contribution in [2.75, 3.05) is 25.5 Å². The molecule has 1 heterocycles. The van der Waals surface area contributed by atoms with Crippen molar-refractivity contribution in [3.05, 3.63) is 0 Å². The van der Waals surface area contributed by atoms with Gasteiger partial charge >= 0.3 is 11.8 Å². The van der Waals surface area contributed by atoms with Gasteiger partial charge in [-0.15, -0.1) is 11.6 Å². The summed E-state index contributed by atoms with van der Waals surface area (Å²) in [6, 6.07) is 0.0876. The fraction of sp³-hybridized carbons (Fsp3) is 0.778. The van der Waals surface area contributed by atoms with Gasteiger partial charge in [-0.3, -0.25) is 9.59 Å². The molecular weight excluding hydrogens is 204 g/mol. The van der Waals surface area contributed by atoms with Gasteiger partial charge in [0, 0.05) is 31.6 Å². The standard InChI is InChI=1S/C9H15ClN2O2/c1-7(2)12-6-5-11(4-3-10)8(13)9(12)14/h7H,3-6H2,1-2H3. The maximum atomic E-state index is 11.5. The second-order valence-electron chi connectivity index (χ2n) is 3.57. The molecule has 0 unspecified atom stereocenters. The summed E-state index contributed by atoms with van der Waals surface area (Å²) in [7, 11) is 0. The van der Waals surface area contributed by atoms with E-state index in [-0.39, 0.29) is 6.04 Å². The van der Waals surface area contributed by atoms with Gasteiger partial charge < -0.3 is 9.80 Å². The van der Waals surface area contributed by atoms with E-state index in [4.69, 9.17) is 11.6 Å². The van der Waals surface area contributed by atoms with Gasteiger partial charge in [0.2, 0.25) is 0 Å². The predicted octanol–water partition coefficient (Wildman–Crippen LogP) is 0.304. The SMILES string of the molecule is CC(C)N1CCN(CCCl)C(=O)C1=O. The van der Waals surface area contributed by atoms with Gasteiger partial charge in [0.05, 0.1) is 0 Å². The lowest BCUT2D eigenvalue weighted by atomic mass is 10.2. The largest absolute Gasteiger partial charge is 0.331 e. The molecule has 0 aromatic heterocycles. The van der Waals surface area contributed by atoms with Gasteiger partial charge in [-0.05, 0) is 13.8 Å². The third-order valence-corrected chi connectivity index (χ3v) is 2.49. The number of hydrogen-bond acceptors (Lipinski definition) is 2. The molecule has 0 saturated carbocycles. The topological polar surface area (TPSA) is 40.6 Å². The average Bonchev–Trinajstić information content (AvgIpc) is 2.13. The van der Waals surface area contributed by atoms with Gasteiger partial charge in [-0.25, -0.2) is 0 Å². The number of carbonyl (C=O) groups is 2. The number of hydrogen-bond donors (Lipinski definition) is 0. The van der Waals surface area contributed by atoms with Crippen molar-refractivity contribution in [3.63, 3.8) is 0 Å². The maximum Gasteiger partial charge on any atom is 0.312 e. The molecule has 1 aliphatic heterocycles. The Morgan fingerprint density at radius 2 is 1.93 bits per heavy atom. The zero-order valence-electron chi connectivity index (χ0n) is 8.49. The highest BCUT2D eigenvalue weighted by molar-refractivity contribution is 6.35. The third kappa shape index (κ3) is 2.18. The van der Waals surface area contributed by atoms with Gasteiger partial charge in [0.1, 0.15) is 0 Å². The summed E-state index contributed by atoms with van der Waals surface area (Å²) in [5, 5.41) is 0. The molecule has 14 heavy (non-hydrogen) atoms. The average molecular weight is 219 g/mol. The first kappa shape index (κ1) is 11.3. The lowest BCUT2D eigenvalue weighted by Crippen LogP contribution is -2.56. The Hall–Kier alpha value is -0.770. The Labute approximate surface area is 88.8 Å². The first-order valence-corrected chi connectivity index (χ1v) is 5.27. The predicted molar refractivity (Wildman–Crippen MR) is 54.1 cm³/mol. The molecule has 1 rings (SSSR count). The number of piperazine rings is 1. The number of nitrogens with zero attached hydrogens (tertiary/aromatic N) is 2. The van der Waals surface area contributed by atoms with Crippen LogP contribution in [0, 0.1) is 0 Å². The fourth-order valence-electron chi connectivity index (χ4n) is 1.50. The van der Waals surface area contributed by atoms with Crippen LogP contribution in [0.5, 0.6) is 0 Å². The van der Waals surface area contributed by atoms with E-state index in [0.29, 0.717) is 25.5 Å². The van der Waals surface area contributed by atoms with E-state index in [0.717, 1.165) is 0 Å². The van der Waals surface area contributed by atoms with E-state index in [1.807, 2.05) is 13.8 Å². The first-order chi connectivity index (χ1) is 6.57. The smallest absolute Gasteiger partial charge is 0.312 e. The number of rotatable bonds is 3. The van der Waals surface area contributed by atoms with Crippen LogP contribution in [0.25, 0.3) is 0 Å². The number of amides is 2. The summed E-state index contributed by atoms with van der Waals surface area (Å²) in [4.78, 5) is 26.1. The van der Waals surface area contributed by atoms with E-state index < -0.39 is 11.8 Å². The van der Waals surface area contributed by atoms with Crippen molar-refractivity contribution in [3.8, 4) is 0 Å². The monoisotopic (exact) mass is 218 g/mol. The maximum absolute atomic E-state index is 11.5. The molecule has 0 aromatic rings. The van der Waals surface area contributed by atoms with Crippen LogP contribution in [0.3, 0.4) is 0 Å². The summed E-state index contributed by atoms with van der Waals surface area (Å²) in [6.45, 7) is 5.47. The van der Waals surface area contributed by atoms with Gasteiger partial charge in [0.15, 0.2) is 0 Å². The molecule has 4 nitrogen and oxygen atoms in total. The highest BCUT2D eigenvalue weighted by Crippen LogP contribution is 2.08. The van der Waals surface area contributed by atoms with Crippen LogP contribution >= 0.6 is 11.6 Å². The lowest BCUT2D eigenvalue weighted by molar-refractivity contribution is -0.157. The summed E-state index contributed by atoms with van der Waals surface area (Å²) in [5.74, 6) is -0.456. The summed E-state index contributed by atoms with van der Waals surface area (Å²) < 4.78 is 0. The molecule has 0 aliphatic carbocycles. The van der Waals surface area contributed by atoms with Crippen LogP contribution in [-0.4, -0.2) is 53.2 Å². The van der Waals surface area contributed by atoms with Crippen molar-refractivity contribution in [1.82, 2.24) is 9.80 Å². The Morgan fingerprint density at radius 3 is 2.43 bits per heavy atom. The number of halogens is 1. The second-order valence-corrected chi connectivity index (χ2v) is 3.95. The highest BCUT2D eigenvalue weighted by atomic mass is 35.5. The summed E-state index contributed by atoms with van der Waals surface area (Å²) in [5.41, 5.74) is 0. The number of carbonyl (C=O) groups excluding carboxylic acids is 2. The van der Waals surface area contributed by atoms with E-state index in [2.05, 4.69) is 0 Å². The van der Waals surface area contributed by atoms with Crippen molar-refractivity contribution in [2.45, 2.75) is 19.9 Å². The molecule has 0 radical (unpaired) electrons. The highest BCUT2D eigenvalue weighted by Gasteiger charge is 2.32. The van der Waals surface area contributed by atoms with E-state index >= 15 is 0 Å². The Morgan fingerprint density at radius 1 is 1.29 bits per heavy atom. The fourth-order valence-corrected chi connectivity index (χ4v) is 1.70. The second kappa shape index (κ2) is 4.64. The molecular formula is C9H15ClN2O2. The van der Waals surface area contributed by atoms with Crippen molar-refractivity contribution >= 4 is 23.4 Å².